The van der Waals surface area contributed by atoms with Crippen molar-refractivity contribution in [1.29, 1.82) is 0 Å². The normalized spacial score (nSPS) is 10.9. The summed E-state index contributed by atoms with van der Waals surface area (Å²) in [6, 6.07) is 14.7. The number of aryl methyl sites for hydroxylation is 1. The highest BCUT2D eigenvalue weighted by molar-refractivity contribution is 6.33. The van der Waals surface area contributed by atoms with Gasteiger partial charge in [-0.15, -0.1) is 5.10 Å². The summed E-state index contributed by atoms with van der Waals surface area (Å²) in [6.45, 7) is 2.12. The van der Waals surface area contributed by atoms with Crippen molar-refractivity contribution in [3.05, 3.63) is 70.6 Å². The van der Waals surface area contributed by atoms with Crippen molar-refractivity contribution in [3.8, 4) is 17.2 Å². The van der Waals surface area contributed by atoms with E-state index in [0.717, 1.165) is 11.1 Å². The first-order valence-electron chi connectivity index (χ1n) is 8.09. The van der Waals surface area contributed by atoms with Crippen LogP contribution in [0.15, 0.2) is 63.2 Å². The fraction of sp³-hybridized carbons (Fsp3) is 0.105. The molecule has 0 saturated heterocycles. The maximum Gasteiger partial charge on any atom is 0.228 e. The molecule has 7 nitrogen and oxygen atoms in total. The van der Waals surface area contributed by atoms with Gasteiger partial charge in [0.15, 0.2) is 0 Å². The molecular formula is C19H18ClN5O2. The third-order valence-corrected chi connectivity index (χ3v) is 3.96. The van der Waals surface area contributed by atoms with Gasteiger partial charge < -0.3 is 20.6 Å². The molecule has 138 valence electrons. The van der Waals surface area contributed by atoms with Gasteiger partial charge in [-0.1, -0.05) is 23.7 Å². The molecule has 0 saturated carbocycles. The average molecular weight is 384 g/mol. The lowest BCUT2D eigenvalue weighted by Gasteiger charge is -2.04. The minimum Gasteiger partial charge on any atom is -0.487 e. The van der Waals surface area contributed by atoms with Crippen LogP contribution in [0.3, 0.4) is 0 Å². The Hall–Kier alpha value is -3.32. The number of halogens is 1. The van der Waals surface area contributed by atoms with Crippen molar-refractivity contribution >= 4 is 23.8 Å². The molecule has 3 aromatic rings. The number of oxazole rings is 1. The monoisotopic (exact) mass is 383 g/mol. The van der Waals surface area contributed by atoms with Crippen LogP contribution in [0, 0.1) is 6.92 Å². The van der Waals surface area contributed by atoms with Crippen LogP contribution in [0.5, 0.6) is 5.75 Å². The first-order valence-corrected chi connectivity index (χ1v) is 8.47. The van der Waals surface area contributed by atoms with Gasteiger partial charge in [0.1, 0.15) is 23.8 Å². The quantitative estimate of drug-likeness (QED) is 0.384. The molecule has 0 spiro atoms. The molecule has 0 aliphatic heterocycles. The summed E-state index contributed by atoms with van der Waals surface area (Å²) in [6.07, 6.45) is 1.54. The molecule has 0 amide bonds. The van der Waals surface area contributed by atoms with Crippen LogP contribution >= 0.6 is 11.6 Å². The molecule has 4 N–H and O–H groups in total. The number of nitrogens with zero attached hydrogens (tertiary/aromatic N) is 3. The number of ether oxygens (including phenoxy) is 1. The van der Waals surface area contributed by atoms with E-state index in [-0.39, 0.29) is 12.6 Å². The summed E-state index contributed by atoms with van der Waals surface area (Å²) in [5.41, 5.74) is 12.7. The molecule has 27 heavy (non-hydrogen) atoms. The second kappa shape index (κ2) is 8.37. The zero-order chi connectivity index (χ0) is 19.2. The highest BCUT2D eigenvalue weighted by Crippen LogP contribution is 2.28. The Morgan fingerprint density at radius 3 is 2.63 bits per heavy atom. The molecule has 0 aliphatic rings. The number of guanidine groups is 1. The van der Waals surface area contributed by atoms with Crippen LogP contribution in [0.2, 0.25) is 5.02 Å². The van der Waals surface area contributed by atoms with Gasteiger partial charge in [-0.2, -0.15) is 5.10 Å². The first-order chi connectivity index (χ1) is 13.0. The summed E-state index contributed by atoms with van der Waals surface area (Å²) < 4.78 is 11.5. The molecule has 8 heteroatoms. The minimum absolute atomic E-state index is 0.0923. The van der Waals surface area contributed by atoms with Crippen molar-refractivity contribution < 1.29 is 9.15 Å². The third kappa shape index (κ3) is 4.86. The highest BCUT2D eigenvalue weighted by Gasteiger charge is 2.14. The van der Waals surface area contributed by atoms with E-state index in [1.165, 1.54) is 0 Å². The van der Waals surface area contributed by atoms with Gasteiger partial charge in [-0.05, 0) is 48.9 Å². The van der Waals surface area contributed by atoms with E-state index in [9.17, 15) is 0 Å². The van der Waals surface area contributed by atoms with E-state index in [4.69, 9.17) is 32.2 Å². The fourth-order valence-electron chi connectivity index (χ4n) is 2.28. The summed E-state index contributed by atoms with van der Waals surface area (Å²) >= 11 is 6.20. The van der Waals surface area contributed by atoms with Crippen LogP contribution in [-0.2, 0) is 6.61 Å². The Morgan fingerprint density at radius 1 is 1.19 bits per heavy atom. The Kier molecular flexibility index (Phi) is 5.73. The standard InChI is InChI=1S/C19H18ClN5O2/c1-12-17(24-18(27-12)15-4-2-3-5-16(15)20)11-26-14-8-6-13(7-9-14)10-23-25-19(21)22/h2-10H,11H2,1H3,(H4,21,22,25). The Bertz CT molecular complexity index is 976. The molecule has 0 fully saturated rings. The second-order valence-corrected chi connectivity index (χ2v) is 6.04. The maximum atomic E-state index is 6.20. The molecule has 1 heterocycles. The number of benzene rings is 2. The minimum atomic E-state index is -0.0923. The van der Waals surface area contributed by atoms with Crippen LogP contribution in [0.1, 0.15) is 17.0 Å². The smallest absolute Gasteiger partial charge is 0.228 e. The molecule has 0 bridgehead atoms. The number of nitrogens with two attached hydrogens (primary N) is 2. The summed E-state index contributed by atoms with van der Waals surface area (Å²) in [7, 11) is 0. The lowest BCUT2D eigenvalue weighted by Crippen LogP contribution is -2.21. The molecule has 1 aromatic heterocycles. The Morgan fingerprint density at radius 2 is 1.93 bits per heavy atom. The van der Waals surface area contributed by atoms with Crippen LogP contribution in [0.4, 0.5) is 0 Å². The van der Waals surface area contributed by atoms with Gasteiger partial charge in [-0.3, -0.25) is 0 Å². The van der Waals surface area contributed by atoms with Gasteiger partial charge >= 0.3 is 0 Å². The zero-order valence-electron chi connectivity index (χ0n) is 14.6. The lowest BCUT2D eigenvalue weighted by molar-refractivity contribution is 0.299. The van der Waals surface area contributed by atoms with Crippen molar-refractivity contribution in [2.24, 2.45) is 21.7 Å². The van der Waals surface area contributed by atoms with Gasteiger partial charge in [0.05, 0.1) is 16.8 Å². The van der Waals surface area contributed by atoms with E-state index in [1.807, 2.05) is 49.4 Å². The average Bonchev–Trinajstić information content (AvgIpc) is 3.01. The molecule has 2 aromatic carbocycles. The van der Waals surface area contributed by atoms with Gasteiger partial charge in [0.25, 0.3) is 0 Å². The van der Waals surface area contributed by atoms with Crippen molar-refractivity contribution in [2.45, 2.75) is 13.5 Å². The molecule has 0 atom stereocenters. The van der Waals surface area contributed by atoms with Crippen molar-refractivity contribution in [2.75, 3.05) is 0 Å². The Labute approximate surface area is 161 Å². The van der Waals surface area contributed by atoms with Gasteiger partial charge in [0, 0.05) is 0 Å². The SMILES string of the molecule is Cc1oc(-c2ccccc2Cl)nc1COc1ccc(C=NN=C(N)N)cc1. The first kappa shape index (κ1) is 18.5. The molecule has 0 aliphatic carbocycles. The molecule has 3 rings (SSSR count). The van der Waals surface area contributed by atoms with E-state index in [0.29, 0.717) is 28.1 Å². The largest absolute Gasteiger partial charge is 0.487 e. The Balaban J connectivity index is 1.66. The fourth-order valence-corrected chi connectivity index (χ4v) is 2.49. The van der Waals surface area contributed by atoms with Crippen molar-refractivity contribution in [1.82, 2.24) is 4.98 Å². The molecular weight excluding hydrogens is 366 g/mol. The van der Waals surface area contributed by atoms with Crippen LogP contribution in [0.25, 0.3) is 11.5 Å². The van der Waals surface area contributed by atoms with E-state index in [2.05, 4.69) is 15.2 Å². The predicted octanol–water partition coefficient (Wildman–Crippen LogP) is 3.49. The van der Waals surface area contributed by atoms with Gasteiger partial charge in [0.2, 0.25) is 11.9 Å². The van der Waals surface area contributed by atoms with Crippen LogP contribution in [-0.4, -0.2) is 17.2 Å². The zero-order valence-corrected chi connectivity index (χ0v) is 15.3. The van der Waals surface area contributed by atoms with E-state index >= 15 is 0 Å². The number of hydrogen-bond donors (Lipinski definition) is 2. The third-order valence-electron chi connectivity index (χ3n) is 3.63. The highest BCUT2D eigenvalue weighted by atomic mass is 35.5. The van der Waals surface area contributed by atoms with E-state index < -0.39 is 0 Å². The molecule has 0 radical (unpaired) electrons. The summed E-state index contributed by atoms with van der Waals surface area (Å²) in [5, 5.41) is 7.88. The number of rotatable bonds is 6. The topological polar surface area (TPSA) is 112 Å². The number of hydrogen-bond acceptors (Lipinski definition) is 5. The predicted molar refractivity (Wildman–Crippen MR) is 106 cm³/mol. The lowest BCUT2D eigenvalue weighted by atomic mass is 10.2. The molecule has 0 unspecified atom stereocenters. The second-order valence-electron chi connectivity index (χ2n) is 5.63. The van der Waals surface area contributed by atoms with Crippen molar-refractivity contribution in [3.63, 3.8) is 0 Å². The van der Waals surface area contributed by atoms with Crippen LogP contribution < -0.4 is 16.2 Å². The number of aromatic nitrogens is 1. The van der Waals surface area contributed by atoms with Gasteiger partial charge in [-0.25, -0.2) is 4.98 Å². The van der Waals surface area contributed by atoms with E-state index in [1.54, 1.807) is 12.3 Å². The summed E-state index contributed by atoms with van der Waals surface area (Å²) in [4.78, 5) is 4.49. The maximum absolute atomic E-state index is 6.20. The summed E-state index contributed by atoms with van der Waals surface area (Å²) in [5.74, 6) is 1.76.